The molecule has 0 spiro atoms. The SMILES string of the molecule is Cc1cccc(C)c1OCCCCN1CCN(Cc2ccccc2)CC1. The second kappa shape index (κ2) is 9.75. The molecule has 140 valence electrons. The van der Waals surface area contributed by atoms with Gasteiger partial charge in [0.25, 0.3) is 0 Å². The summed E-state index contributed by atoms with van der Waals surface area (Å²) in [5, 5.41) is 0. The number of hydrogen-bond acceptors (Lipinski definition) is 3. The van der Waals surface area contributed by atoms with E-state index in [0.717, 1.165) is 25.3 Å². The van der Waals surface area contributed by atoms with E-state index in [-0.39, 0.29) is 0 Å². The molecule has 1 aliphatic rings. The van der Waals surface area contributed by atoms with Gasteiger partial charge >= 0.3 is 0 Å². The van der Waals surface area contributed by atoms with Gasteiger partial charge in [0.2, 0.25) is 0 Å². The molecule has 2 aromatic carbocycles. The van der Waals surface area contributed by atoms with Crippen molar-refractivity contribution in [3.05, 3.63) is 65.2 Å². The maximum absolute atomic E-state index is 6.01. The first-order valence-electron chi connectivity index (χ1n) is 9.90. The number of hydrogen-bond donors (Lipinski definition) is 0. The van der Waals surface area contributed by atoms with Gasteiger partial charge in [-0.15, -0.1) is 0 Å². The number of benzene rings is 2. The van der Waals surface area contributed by atoms with Crippen LogP contribution in [0.4, 0.5) is 0 Å². The number of piperazine rings is 1. The Kier molecular flexibility index (Phi) is 7.10. The van der Waals surface area contributed by atoms with E-state index in [1.54, 1.807) is 0 Å². The van der Waals surface area contributed by atoms with Crippen LogP contribution in [-0.2, 0) is 6.54 Å². The van der Waals surface area contributed by atoms with Crippen LogP contribution in [0.15, 0.2) is 48.5 Å². The molecular formula is C23H32N2O. The van der Waals surface area contributed by atoms with Gasteiger partial charge in [0.05, 0.1) is 6.61 Å². The van der Waals surface area contributed by atoms with Crippen LogP contribution in [0.3, 0.4) is 0 Å². The highest BCUT2D eigenvalue weighted by molar-refractivity contribution is 5.39. The lowest BCUT2D eigenvalue weighted by Crippen LogP contribution is -2.46. The molecule has 0 saturated carbocycles. The van der Waals surface area contributed by atoms with Crippen LogP contribution in [-0.4, -0.2) is 49.1 Å². The number of nitrogens with zero attached hydrogens (tertiary/aromatic N) is 2. The second-order valence-corrected chi connectivity index (χ2v) is 7.38. The third-order valence-corrected chi connectivity index (χ3v) is 5.24. The third-order valence-electron chi connectivity index (χ3n) is 5.24. The van der Waals surface area contributed by atoms with Crippen molar-refractivity contribution in [3.8, 4) is 5.75 Å². The topological polar surface area (TPSA) is 15.7 Å². The average Bonchev–Trinajstić information content (AvgIpc) is 2.66. The van der Waals surface area contributed by atoms with Crippen LogP contribution >= 0.6 is 0 Å². The quantitative estimate of drug-likeness (QED) is 0.660. The van der Waals surface area contributed by atoms with Crippen LogP contribution in [0.25, 0.3) is 0 Å². The minimum Gasteiger partial charge on any atom is -0.493 e. The van der Waals surface area contributed by atoms with Crippen molar-refractivity contribution in [2.75, 3.05) is 39.3 Å². The van der Waals surface area contributed by atoms with Gasteiger partial charge in [0, 0.05) is 32.7 Å². The maximum Gasteiger partial charge on any atom is 0.125 e. The molecule has 0 aromatic heterocycles. The molecule has 1 aliphatic heterocycles. The Morgan fingerprint density at radius 1 is 0.769 bits per heavy atom. The Balaban J connectivity index is 1.29. The highest BCUT2D eigenvalue weighted by Gasteiger charge is 2.16. The first kappa shape index (κ1) is 18.9. The van der Waals surface area contributed by atoms with Crippen LogP contribution in [0.1, 0.15) is 29.5 Å². The van der Waals surface area contributed by atoms with Gasteiger partial charge in [0.1, 0.15) is 5.75 Å². The monoisotopic (exact) mass is 352 g/mol. The van der Waals surface area contributed by atoms with E-state index in [1.165, 1.54) is 55.8 Å². The number of aryl methyl sites for hydroxylation is 2. The molecule has 0 atom stereocenters. The standard InChI is InChI=1S/C23H32N2O/c1-20-9-8-10-21(2)23(20)26-18-7-6-13-24-14-16-25(17-15-24)19-22-11-4-3-5-12-22/h3-5,8-12H,6-7,13-19H2,1-2H3. The van der Waals surface area contributed by atoms with E-state index in [4.69, 9.17) is 4.74 Å². The lowest BCUT2D eigenvalue weighted by Gasteiger charge is -2.34. The third kappa shape index (κ3) is 5.58. The minimum atomic E-state index is 0.819. The van der Waals surface area contributed by atoms with Gasteiger partial charge in [-0.3, -0.25) is 4.90 Å². The second-order valence-electron chi connectivity index (χ2n) is 7.38. The maximum atomic E-state index is 6.01. The summed E-state index contributed by atoms with van der Waals surface area (Å²) in [6, 6.07) is 17.1. The number of ether oxygens (including phenoxy) is 1. The largest absolute Gasteiger partial charge is 0.493 e. The Labute approximate surface area is 158 Å². The molecule has 3 heteroatoms. The Bertz CT molecular complexity index is 643. The summed E-state index contributed by atoms with van der Waals surface area (Å²) >= 11 is 0. The normalized spacial score (nSPS) is 15.9. The van der Waals surface area contributed by atoms with Crippen molar-refractivity contribution in [1.82, 2.24) is 9.80 Å². The summed E-state index contributed by atoms with van der Waals surface area (Å²) in [4.78, 5) is 5.16. The summed E-state index contributed by atoms with van der Waals surface area (Å²) < 4.78 is 6.01. The Morgan fingerprint density at radius 3 is 2.12 bits per heavy atom. The fourth-order valence-corrected chi connectivity index (χ4v) is 3.65. The molecule has 2 aromatic rings. The molecule has 3 rings (SSSR count). The molecule has 0 aliphatic carbocycles. The highest BCUT2D eigenvalue weighted by Crippen LogP contribution is 2.22. The van der Waals surface area contributed by atoms with Crippen LogP contribution in [0.5, 0.6) is 5.75 Å². The smallest absolute Gasteiger partial charge is 0.125 e. The fraction of sp³-hybridized carbons (Fsp3) is 0.478. The molecule has 1 saturated heterocycles. The van der Waals surface area contributed by atoms with Crippen molar-refractivity contribution in [1.29, 1.82) is 0 Å². The van der Waals surface area contributed by atoms with Crippen LogP contribution < -0.4 is 4.74 Å². The fourth-order valence-electron chi connectivity index (χ4n) is 3.65. The summed E-state index contributed by atoms with van der Waals surface area (Å²) in [5.74, 6) is 1.07. The van der Waals surface area contributed by atoms with Crippen molar-refractivity contribution < 1.29 is 4.74 Å². The zero-order valence-corrected chi connectivity index (χ0v) is 16.3. The summed E-state index contributed by atoms with van der Waals surface area (Å²) in [5.41, 5.74) is 3.89. The van der Waals surface area contributed by atoms with Crippen molar-refractivity contribution in [2.24, 2.45) is 0 Å². The van der Waals surface area contributed by atoms with E-state index in [1.807, 2.05) is 0 Å². The van der Waals surface area contributed by atoms with E-state index in [0.29, 0.717) is 0 Å². The molecule has 3 nitrogen and oxygen atoms in total. The molecular weight excluding hydrogens is 320 g/mol. The molecule has 0 unspecified atom stereocenters. The lowest BCUT2D eigenvalue weighted by molar-refractivity contribution is 0.124. The Morgan fingerprint density at radius 2 is 1.42 bits per heavy atom. The van der Waals surface area contributed by atoms with Crippen LogP contribution in [0, 0.1) is 13.8 Å². The number of unbranched alkanes of at least 4 members (excludes halogenated alkanes) is 1. The molecule has 0 N–H and O–H groups in total. The first-order valence-corrected chi connectivity index (χ1v) is 9.90. The molecule has 26 heavy (non-hydrogen) atoms. The van der Waals surface area contributed by atoms with Crippen LogP contribution in [0.2, 0.25) is 0 Å². The highest BCUT2D eigenvalue weighted by atomic mass is 16.5. The van der Waals surface area contributed by atoms with E-state index < -0.39 is 0 Å². The average molecular weight is 353 g/mol. The molecule has 1 fully saturated rings. The zero-order chi connectivity index (χ0) is 18.2. The van der Waals surface area contributed by atoms with Crippen molar-refractivity contribution >= 4 is 0 Å². The summed E-state index contributed by atoms with van der Waals surface area (Å²) in [7, 11) is 0. The van der Waals surface area contributed by atoms with E-state index in [9.17, 15) is 0 Å². The molecule has 0 bridgehead atoms. The number of para-hydroxylation sites is 1. The molecule has 1 heterocycles. The predicted molar refractivity (Wildman–Crippen MR) is 109 cm³/mol. The van der Waals surface area contributed by atoms with E-state index >= 15 is 0 Å². The van der Waals surface area contributed by atoms with Crippen molar-refractivity contribution in [3.63, 3.8) is 0 Å². The van der Waals surface area contributed by atoms with Gasteiger partial charge in [-0.25, -0.2) is 0 Å². The molecule has 0 amide bonds. The molecule has 0 radical (unpaired) electrons. The van der Waals surface area contributed by atoms with Gasteiger partial charge in [-0.05, 0) is 49.9 Å². The van der Waals surface area contributed by atoms with Gasteiger partial charge in [0.15, 0.2) is 0 Å². The number of rotatable bonds is 8. The zero-order valence-electron chi connectivity index (χ0n) is 16.3. The summed E-state index contributed by atoms with van der Waals surface area (Å²) in [6.45, 7) is 12.1. The summed E-state index contributed by atoms with van der Waals surface area (Å²) in [6.07, 6.45) is 2.33. The Hall–Kier alpha value is -1.84. The van der Waals surface area contributed by atoms with Crippen molar-refractivity contribution in [2.45, 2.75) is 33.2 Å². The van der Waals surface area contributed by atoms with Gasteiger partial charge in [-0.2, -0.15) is 0 Å². The van der Waals surface area contributed by atoms with Gasteiger partial charge in [-0.1, -0.05) is 48.5 Å². The van der Waals surface area contributed by atoms with E-state index in [2.05, 4.69) is 72.2 Å². The predicted octanol–water partition coefficient (Wildman–Crippen LogP) is 4.28. The first-order chi connectivity index (χ1) is 12.7. The van der Waals surface area contributed by atoms with Gasteiger partial charge < -0.3 is 9.64 Å². The minimum absolute atomic E-state index is 0.819. The lowest BCUT2D eigenvalue weighted by atomic mass is 10.1.